The van der Waals surface area contributed by atoms with Crippen molar-refractivity contribution in [2.75, 3.05) is 13.2 Å². The van der Waals surface area contributed by atoms with Crippen LogP contribution in [0, 0.1) is 6.92 Å². The van der Waals surface area contributed by atoms with Crippen LogP contribution in [0.4, 0.5) is 0 Å². The van der Waals surface area contributed by atoms with Crippen LogP contribution >= 0.6 is 11.3 Å². The fourth-order valence-electron chi connectivity index (χ4n) is 2.45. The number of aromatic nitrogens is 3. The molecule has 0 saturated carbocycles. The van der Waals surface area contributed by atoms with E-state index in [1.807, 2.05) is 37.6 Å². The van der Waals surface area contributed by atoms with Crippen molar-refractivity contribution in [1.82, 2.24) is 20.5 Å². The molecule has 0 radical (unpaired) electrons. The Bertz CT molecular complexity index is 860. The molecule has 0 atom stereocenters. The number of aryl methyl sites for hydroxylation is 1. The van der Waals surface area contributed by atoms with E-state index in [0.29, 0.717) is 24.6 Å². The molecule has 0 spiro atoms. The van der Waals surface area contributed by atoms with Crippen LogP contribution < -0.4 is 10.1 Å². The van der Waals surface area contributed by atoms with Gasteiger partial charge in [-0.2, -0.15) is 0 Å². The van der Waals surface area contributed by atoms with E-state index < -0.39 is 0 Å². The van der Waals surface area contributed by atoms with Gasteiger partial charge < -0.3 is 10.1 Å². The Kier molecular flexibility index (Phi) is 5.91. The summed E-state index contributed by atoms with van der Waals surface area (Å²) in [6.07, 6.45) is 0.794. The van der Waals surface area contributed by atoms with E-state index in [1.165, 1.54) is 4.88 Å². The number of rotatable bonds is 7. The Labute approximate surface area is 156 Å². The Hall–Kier alpha value is -2.80. The molecular weight excluding hydrogens is 348 g/mol. The summed E-state index contributed by atoms with van der Waals surface area (Å²) >= 11 is 1.62. The van der Waals surface area contributed by atoms with Crippen molar-refractivity contribution in [3.8, 4) is 17.1 Å². The van der Waals surface area contributed by atoms with Crippen molar-refractivity contribution >= 4 is 17.2 Å². The van der Waals surface area contributed by atoms with Crippen LogP contribution in [-0.2, 0) is 6.42 Å². The number of carbonyl (C=O) groups is 1. The molecule has 1 amide bonds. The van der Waals surface area contributed by atoms with Gasteiger partial charge in [0.25, 0.3) is 5.91 Å². The van der Waals surface area contributed by atoms with Gasteiger partial charge in [0.1, 0.15) is 0 Å². The van der Waals surface area contributed by atoms with Crippen molar-refractivity contribution in [3.05, 3.63) is 58.0 Å². The van der Waals surface area contributed by atoms with E-state index in [4.69, 9.17) is 4.74 Å². The molecule has 26 heavy (non-hydrogen) atoms. The normalized spacial score (nSPS) is 10.5. The van der Waals surface area contributed by atoms with E-state index in [1.54, 1.807) is 29.5 Å². The van der Waals surface area contributed by atoms with Gasteiger partial charge in [0.05, 0.1) is 23.5 Å². The van der Waals surface area contributed by atoms with Crippen LogP contribution in [-0.4, -0.2) is 34.2 Å². The molecule has 0 fully saturated rings. The summed E-state index contributed by atoms with van der Waals surface area (Å²) in [6.45, 7) is 5.03. The summed E-state index contributed by atoms with van der Waals surface area (Å²) in [5, 5.41) is 11.1. The second kappa shape index (κ2) is 8.53. The lowest BCUT2D eigenvalue weighted by Crippen LogP contribution is -2.25. The minimum Gasteiger partial charge on any atom is -0.477 e. The first-order valence-corrected chi connectivity index (χ1v) is 9.29. The van der Waals surface area contributed by atoms with Gasteiger partial charge in [-0.3, -0.25) is 4.79 Å². The largest absolute Gasteiger partial charge is 0.477 e. The van der Waals surface area contributed by atoms with Crippen molar-refractivity contribution in [2.45, 2.75) is 20.3 Å². The number of amides is 1. The molecule has 1 N–H and O–H groups in total. The maximum absolute atomic E-state index is 12.3. The van der Waals surface area contributed by atoms with Crippen LogP contribution in [0.5, 0.6) is 5.88 Å². The summed E-state index contributed by atoms with van der Waals surface area (Å²) in [5.74, 6) is 0.417. The summed E-state index contributed by atoms with van der Waals surface area (Å²) < 4.78 is 5.29. The number of ether oxygens (including phenoxy) is 1. The Balaban J connectivity index is 1.58. The number of benzene rings is 1. The van der Waals surface area contributed by atoms with Gasteiger partial charge >= 0.3 is 0 Å². The molecule has 6 nitrogen and oxygen atoms in total. The van der Waals surface area contributed by atoms with E-state index >= 15 is 0 Å². The van der Waals surface area contributed by atoms with Gasteiger partial charge in [-0.25, -0.2) is 4.98 Å². The number of hydrogen-bond donors (Lipinski definition) is 1. The predicted molar refractivity (Wildman–Crippen MR) is 102 cm³/mol. The van der Waals surface area contributed by atoms with Crippen LogP contribution in [0.25, 0.3) is 11.3 Å². The fraction of sp³-hybridized carbons (Fsp3) is 0.263. The highest BCUT2D eigenvalue weighted by Crippen LogP contribution is 2.18. The van der Waals surface area contributed by atoms with Gasteiger partial charge in [0, 0.05) is 35.0 Å². The molecule has 0 unspecified atom stereocenters. The minimum absolute atomic E-state index is 0.0866. The Morgan fingerprint density at radius 3 is 2.58 bits per heavy atom. The topological polar surface area (TPSA) is 77.0 Å². The molecule has 7 heteroatoms. The van der Waals surface area contributed by atoms with Crippen LogP contribution in [0.15, 0.2) is 41.9 Å². The standard InChI is InChI=1S/C19H20N4O2S/c1-3-25-18-9-8-16(22-23-18)14-4-6-15(7-5-14)19(24)20-11-10-17-13(2)21-12-26-17/h4-9,12H,3,10-11H2,1-2H3,(H,20,24). The summed E-state index contributed by atoms with van der Waals surface area (Å²) in [7, 11) is 0. The lowest BCUT2D eigenvalue weighted by molar-refractivity contribution is 0.0954. The quantitative estimate of drug-likeness (QED) is 0.692. The number of hydrogen-bond acceptors (Lipinski definition) is 6. The summed E-state index contributed by atoms with van der Waals surface area (Å²) in [6, 6.07) is 11.0. The third-order valence-corrected chi connectivity index (χ3v) is 4.85. The highest BCUT2D eigenvalue weighted by Gasteiger charge is 2.08. The molecule has 0 bridgehead atoms. The second-order valence-corrected chi connectivity index (χ2v) is 6.57. The molecule has 2 aromatic heterocycles. The zero-order valence-electron chi connectivity index (χ0n) is 14.7. The average molecular weight is 368 g/mol. The molecule has 1 aromatic carbocycles. The van der Waals surface area contributed by atoms with Crippen molar-refractivity contribution in [1.29, 1.82) is 0 Å². The summed E-state index contributed by atoms with van der Waals surface area (Å²) in [5.41, 5.74) is 5.12. The van der Waals surface area contributed by atoms with Gasteiger partial charge in [-0.15, -0.1) is 21.5 Å². The third kappa shape index (κ3) is 4.43. The molecule has 0 aliphatic carbocycles. The maximum Gasteiger partial charge on any atom is 0.251 e. The molecule has 0 aliphatic rings. The number of carbonyl (C=O) groups excluding carboxylic acids is 1. The summed E-state index contributed by atoms with van der Waals surface area (Å²) in [4.78, 5) is 17.7. The minimum atomic E-state index is -0.0866. The number of nitrogens with one attached hydrogen (secondary N) is 1. The zero-order valence-corrected chi connectivity index (χ0v) is 15.5. The molecule has 0 saturated heterocycles. The average Bonchev–Trinajstić information content (AvgIpc) is 3.08. The predicted octanol–water partition coefficient (Wildman–Crippen LogP) is 3.28. The third-order valence-electron chi connectivity index (χ3n) is 3.86. The van der Waals surface area contributed by atoms with Crippen molar-refractivity contribution < 1.29 is 9.53 Å². The SMILES string of the molecule is CCOc1ccc(-c2ccc(C(=O)NCCc3scnc3C)cc2)nn1. The monoisotopic (exact) mass is 368 g/mol. The number of thiazole rings is 1. The second-order valence-electron chi connectivity index (χ2n) is 5.63. The van der Waals surface area contributed by atoms with Gasteiger partial charge in [0.15, 0.2) is 0 Å². The lowest BCUT2D eigenvalue weighted by Gasteiger charge is -2.06. The van der Waals surface area contributed by atoms with Gasteiger partial charge in [0.2, 0.25) is 5.88 Å². The first-order valence-electron chi connectivity index (χ1n) is 8.41. The van der Waals surface area contributed by atoms with E-state index in [-0.39, 0.29) is 5.91 Å². The Morgan fingerprint density at radius 1 is 1.15 bits per heavy atom. The molecule has 0 aliphatic heterocycles. The van der Waals surface area contributed by atoms with Crippen LogP contribution in [0.3, 0.4) is 0 Å². The molecule has 3 aromatic rings. The Morgan fingerprint density at radius 2 is 1.96 bits per heavy atom. The van der Waals surface area contributed by atoms with Crippen LogP contribution in [0.2, 0.25) is 0 Å². The van der Waals surface area contributed by atoms with Crippen molar-refractivity contribution in [2.24, 2.45) is 0 Å². The lowest BCUT2D eigenvalue weighted by atomic mass is 10.1. The zero-order chi connectivity index (χ0) is 18.4. The van der Waals surface area contributed by atoms with Gasteiger partial charge in [-0.05, 0) is 32.0 Å². The fourth-order valence-corrected chi connectivity index (χ4v) is 3.23. The van der Waals surface area contributed by atoms with Gasteiger partial charge in [-0.1, -0.05) is 12.1 Å². The first-order chi connectivity index (χ1) is 12.7. The molecule has 3 rings (SSSR count). The van der Waals surface area contributed by atoms with Crippen LogP contribution in [0.1, 0.15) is 27.9 Å². The van der Waals surface area contributed by atoms with E-state index in [0.717, 1.165) is 23.4 Å². The highest BCUT2D eigenvalue weighted by atomic mass is 32.1. The molecular formula is C19H20N4O2S. The van der Waals surface area contributed by atoms with E-state index in [9.17, 15) is 4.79 Å². The maximum atomic E-state index is 12.3. The van der Waals surface area contributed by atoms with E-state index in [2.05, 4.69) is 20.5 Å². The smallest absolute Gasteiger partial charge is 0.251 e. The highest BCUT2D eigenvalue weighted by molar-refractivity contribution is 7.09. The molecule has 134 valence electrons. The molecule has 2 heterocycles. The van der Waals surface area contributed by atoms with Crippen molar-refractivity contribution in [3.63, 3.8) is 0 Å². The first kappa shape index (κ1) is 18.0. The number of nitrogens with zero attached hydrogens (tertiary/aromatic N) is 3.